The third kappa shape index (κ3) is 4.41. The van der Waals surface area contributed by atoms with Crippen LogP contribution in [0.25, 0.3) is 0 Å². The fourth-order valence-corrected chi connectivity index (χ4v) is 7.11. The predicted molar refractivity (Wildman–Crippen MR) is 108 cm³/mol. The Labute approximate surface area is 151 Å². The smallest absolute Gasteiger partial charge is 0.484 e. The molecule has 2 aromatic rings. The van der Waals surface area contributed by atoms with E-state index in [1.54, 1.807) is 0 Å². The molecule has 0 N–H and O–H groups in total. The van der Waals surface area contributed by atoms with Crippen molar-refractivity contribution in [1.29, 1.82) is 0 Å². The molecule has 0 saturated carbocycles. The summed E-state index contributed by atoms with van der Waals surface area (Å²) in [6.07, 6.45) is 0. The van der Waals surface area contributed by atoms with E-state index in [1.165, 1.54) is 10.8 Å². The lowest BCUT2D eigenvalue weighted by molar-refractivity contribution is 0.573. The lowest BCUT2D eigenvalue weighted by Crippen LogP contribution is -2.45. The van der Waals surface area contributed by atoms with Crippen LogP contribution in [0.1, 0.15) is 26.3 Å². The third-order valence-corrected chi connectivity index (χ3v) is 8.80. The number of hydrogen-bond donors (Lipinski definition) is 0. The van der Waals surface area contributed by atoms with Crippen LogP contribution >= 0.6 is 22.2 Å². The van der Waals surface area contributed by atoms with E-state index >= 15 is 0 Å². The van der Waals surface area contributed by atoms with Crippen LogP contribution in [-0.2, 0) is 5.41 Å². The standard InChI is InChI=1S/C18H24Cl2OSi2/c1-18(2,3)15-12-9-13-16(17(15)22(4)5)21-23(19,20)14-10-7-6-8-11-14/h6-13,22H,1-5H3. The largest absolute Gasteiger partial charge is 0.515 e. The van der Waals surface area contributed by atoms with E-state index in [4.69, 9.17) is 26.6 Å². The maximum absolute atomic E-state index is 6.64. The average Bonchev–Trinajstić information content (AvgIpc) is 2.46. The van der Waals surface area contributed by atoms with Crippen LogP contribution in [0.2, 0.25) is 13.1 Å². The van der Waals surface area contributed by atoms with Gasteiger partial charge in [0.15, 0.2) is 0 Å². The van der Waals surface area contributed by atoms with Gasteiger partial charge in [0.05, 0.1) is 8.80 Å². The van der Waals surface area contributed by atoms with Gasteiger partial charge >= 0.3 is 6.94 Å². The molecule has 23 heavy (non-hydrogen) atoms. The Hall–Kier alpha value is -0.746. The van der Waals surface area contributed by atoms with Gasteiger partial charge in [-0.05, 0) is 22.2 Å². The van der Waals surface area contributed by atoms with Crippen LogP contribution in [0.5, 0.6) is 5.75 Å². The van der Waals surface area contributed by atoms with Gasteiger partial charge in [0.25, 0.3) is 0 Å². The van der Waals surface area contributed by atoms with E-state index in [0.29, 0.717) is 0 Å². The van der Waals surface area contributed by atoms with Crippen molar-refractivity contribution in [2.45, 2.75) is 39.3 Å². The van der Waals surface area contributed by atoms with Gasteiger partial charge in [-0.1, -0.05) is 98.5 Å². The van der Waals surface area contributed by atoms with Gasteiger partial charge in [-0.25, -0.2) is 0 Å². The van der Waals surface area contributed by atoms with E-state index in [9.17, 15) is 0 Å². The quantitative estimate of drug-likeness (QED) is 0.562. The van der Waals surface area contributed by atoms with E-state index in [-0.39, 0.29) is 5.41 Å². The van der Waals surface area contributed by atoms with Gasteiger partial charge in [0.2, 0.25) is 0 Å². The second-order valence-corrected chi connectivity index (χ2v) is 15.6. The monoisotopic (exact) mass is 382 g/mol. The summed E-state index contributed by atoms with van der Waals surface area (Å²) in [6, 6.07) is 16.0. The van der Waals surface area contributed by atoms with Crippen LogP contribution < -0.4 is 14.8 Å². The Bertz CT molecular complexity index is 664. The van der Waals surface area contributed by atoms with Crippen molar-refractivity contribution in [3.63, 3.8) is 0 Å². The molecule has 0 heterocycles. The van der Waals surface area contributed by atoms with Gasteiger partial charge < -0.3 is 4.43 Å². The molecule has 124 valence electrons. The molecule has 0 aromatic heterocycles. The highest BCUT2D eigenvalue weighted by Gasteiger charge is 2.37. The van der Waals surface area contributed by atoms with Crippen molar-refractivity contribution in [1.82, 2.24) is 0 Å². The fraction of sp³-hybridized carbons (Fsp3) is 0.333. The minimum Gasteiger partial charge on any atom is -0.515 e. The molecule has 0 bridgehead atoms. The molecule has 2 rings (SSSR count). The van der Waals surface area contributed by atoms with Crippen LogP contribution in [0.4, 0.5) is 0 Å². The molecular formula is C18H24Cl2OSi2. The average molecular weight is 383 g/mol. The molecule has 1 nitrogen and oxygen atoms in total. The van der Waals surface area contributed by atoms with E-state index < -0.39 is 15.7 Å². The first-order valence-electron chi connectivity index (χ1n) is 7.88. The molecule has 2 aromatic carbocycles. The molecule has 0 aliphatic rings. The van der Waals surface area contributed by atoms with Gasteiger partial charge in [0.1, 0.15) is 5.75 Å². The molecular weight excluding hydrogens is 359 g/mol. The Balaban J connectivity index is 2.48. The molecule has 0 radical (unpaired) electrons. The molecule has 0 amide bonds. The number of hydrogen-bond acceptors (Lipinski definition) is 1. The lowest BCUT2D eigenvalue weighted by atomic mass is 9.87. The van der Waals surface area contributed by atoms with E-state index in [0.717, 1.165) is 10.9 Å². The van der Waals surface area contributed by atoms with E-state index in [2.05, 4.69) is 39.9 Å². The topological polar surface area (TPSA) is 9.23 Å². The van der Waals surface area contributed by atoms with Crippen LogP contribution in [0.15, 0.2) is 48.5 Å². The summed E-state index contributed by atoms with van der Waals surface area (Å²) in [4.78, 5) is 0. The summed E-state index contributed by atoms with van der Waals surface area (Å²) < 4.78 is 6.22. The zero-order valence-electron chi connectivity index (χ0n) is 14.4. The number of benzene rings is 2. The highest BCUT2D eigenvalue weighted by Crippen LogP contribution is 2.27. The molecule has 0 saturated heterocycles. The molecule has 0 aliphatic carbocycles. The van der Waals surface area contributed by atoms with Crippen molar-refractivity contribution in [2.24, 2.45) is 0 Å². The van der Waals surface area contributed by atoms with Crippen LogP contribution in [0, 0.1) is 0 Å². The van der Waals surface area contributed by atoms with Gasteiger partial charge in [-0.15, -0.1) is 0 Å². The molecule has 0 atom stereocenters. The highest BCUT2D eigenvalue weighted by atomic mass is 35.7. The summed E-state index contributed by atoms with van der Waals surface area (Å²) in [7, 11) is -1.11. The summed E-state index contributed by atoms with van der Waals surface area (Å²) in [5.41, 5.74) is 1.41. The predicted octanol–water partition coefficient (Wildman–Crippen LogP) is 4.38. The fourth-order valence-electron chi connectivity index (χ4n) is 2.71. The summed E-state index contributed by atoms with van der Waals surface area (Å²) >= 11 is 13.3. The van der Waals surface area contributed by atoms with Gasteiger partial charge in [-0.2, -0.15) is 0 Å². The first-order valence-corrected chi connectivity index (χ1v) is 14.7. The zero-order valence-corrected chi connectivity index (χ0v) is 18.0. The summed E-state index contributed by atoms with van der Waals surface area (Å²) in [5.74, 6) is 0.861. The molecule has 0 fully saturated rings. The number of halogens is 2. The SMILES string of the molecule is C[SiH](C)c1c(O[Si](Cl)(Cl)c2ccccc2)cccc1C(C)(C)C. The molecule has 0 spiro atoms. The Morgan fingerprint density at radius 3 is 2.04 bits per heavy atom. The van der Waals surface area contributed by atoms with Gasteiger partial charge in [0, 0.05) is 5.19 Å². The maximum Gasteiger partial charge on any atom is 0.484 e. The van der Waals surface area contributed by atoms with Gasteiger partial charge in [-0.3, -0.25) is 0 Å². The summed E-state index contributed by atoms with van der Waals surface area (Å²) in [6.45, 7) is 8.30. The second-order valence-electron chi connectivity index (χ2n) is 7.11. The normalized spacial score (nSPS) is 12.5. The van der Waals surface area contributed by atoms with Crippen LogP contribution in [-0.4, -0.2) is 15.7 Å². The maximum atomic E-state index is 6.64. The second kappa shape index (κ2) is 7.02. The van der Waals surface area contributed by atoms with Crippen molar-refractivity contribution in [2.75, 3.05) is 0 Å². The molecule has 0 aliphatic heterocycles. The Kier molecular flexibility index (Phi) is 5.67. The first kappa shape index (κ1) is 18.6. The Morgan fingerprint density at radius 2 is 1.52 bits per heavy atom. The van der Waals surface area contributed by atoms with Crippen molar-refractivity contribution >= 4 is 48.3 Å². The van der Waals surface area contributed by atoms with Crippen molar-refractivity contribution < 1.29 is 4.43 Å². The Morgan fingerprint density at radius 1 is 0.913 bits per heavy atom. The first-order chi connectivity index (χ1) is 10.6. The third-order valence-electron chi connectivity index (χ3n) is 3.80. The minimum atomic E-state index is -3.01. The van der Waals surface area contributed by atoms with Crippen molar-refractivity contribution in [3.8, 4) is 5.75 Å². The zero-order chi connectivity index (χ0) is 17.3. The molecule has 5 heteroatoms. The lowest BCUT2D eigenvalue weighted by Gasteiger charge is -2.29. The highest BCUT2D eigenvalue weighted by molar-refractivity contribution is 7.48. The number of rotatable bonds is 4. The minimum absolute atomic E-state index is 0.0710. The molecule has 0 unspecified atom stereocenters. The van der Waals surface area contributed by atoms with Crippen LogP contribution in [0.3, 0.4) is 0 Å². The van der Waals surface area contributed by atoms with Crippen molar-refractivity contribution in [3.05, 3.63) is 54.1 Å². The van der Waals surface area contributed by atoms with E-state index in [1.807, 2.05) is 42.5 Å². The summed E-state index contributed by atoms with van der Waals surface area (Å²) in [5, 5.41) is 2.20.